The SMILES string of the molecule is Cc1ccc(/C=N/NC(=O)c2nn(Cc3ccccc3)c(=O)c3ccccc23)s1. The van der Waals surface area contributed by atoms with Crippen LogP contribution in [0.1, 0.15) is 25.8 Å². The normalized spacial score (nSPS) is 11.2. The lowest BCUT2D eigenvalue weighted by atomic mass is 10.1. The van der Waals surface area contributed by atoms with Gasteiger partial charge in [0.1, 0.15) is 0 Å². The first-order valence-electron chi connectivity index (χ1n) is 9.05. The maximum atomic E-state index is 12.8. The quantitative estimate of drug-likeness (QED) is 0.409. The molecule has 0 fully saturated rings. The fraction of sp³-hybridized carbons (Fsp3) is 0.0909. The fourth-order valence-electron chi connectivity index (χ4n) is 3.00. The van der Waals surface area contributed by atoms with E-state index in [1.807, 2.05) is 49.4 Å². The van der Waals surface area contributed by atoms with Crippen LogP contribution in [-0.2, 0) is 6.54 Å². The molecule has 0 unspecified atom stereocenters. The Labute approximate surface area is 171 Å². The van der Waals surface area contributed by atoms with Crippen molar-refractivity contribution in [3.8, 4) is 0 Å². The maximum Gasteiger partial charge on any atom is 0.292 e. The Balaban J connectivity index is 1.68. The van der Waals surface area contributed by atoms with Crippen LogP contribution >= 0.6 is 11.3 Å². The first-order valence-corrected chi connectivity index (χ1v) is 9.87. The van der Waals surface area contributed by atoms with E-state index in [0.717, 1.165) is 10.4 Å². The molecule has 0 aliphatic rings. The van der Waals surface area contributed by atoms with Crippen molar-refractivity contribution in [1.82, 2.24) is 15.2 Å². The molecule has 2 heterocycles. The summed E-state index contributed by atoms with van der Waals surface area (Å²) in [5, 5.41) is 9.33. The summed E-state index contributed by atoms with van der Waals surface area (Å²) in [6, 6.07) is 20.4. The Morgan fingerprint density at radius 3 is 2.52 bits per heavy atom. The van der Waals surface area contributed by atoms with Gasteiger partial charge in [-0.15, -0.1) is 11.3 Å². The van der Waals surface area contributed by atoms with Crippen molar-refractivity contribution in [2.45, 2.75) is 13.5 Å². The molecule has 6 nitrogen and oxygen atoms in total. The number of carbonyl (C=O) groups is 1. The van der Waals surface area contributed by atoms with Crippen molar-refractivity contribution in [2.24, 2.45) is 5.10 Å². The zero-order valence-electron chi connectivity index (χ0n) is 15.7. The summed E-state index contributed by atoms with van der Waals surface area (Å²) in [7, 11) is 0. The molecule has 0 spiro atoms. The number of nitrogens with zero attached hydrogens (tertiary/aromatic N) is 3. The molecule has 7 heteroatoms. The third-order valence-corrected chi connectivity index (χ3v) is 5.31. The molecule has 1 amide bonds. The van der Waals surface area contributed by atoms with Gasteiger partial charge in [0.2, 0.25) is 0 Å². The predicted molar refractivity (Wildman–Crippen MR) is 116 cm³/mol. The van der Waals surface area contributed by atoms with Crippen LogP contribution in [0.25, 0.3) is 10.8 Å². The number of fused-ring (bicyclic) bond motifs is 1. The third kappa shape index (κ3) is 4.14. The van der Waals surface area contributed by atoms with Gasteiger partial charge in [0.25, 0.3) is 11.5 Å². The Hall–Kier alpha value is -3.58. The highest BCUT2D eigenvalue weighted by Gasteiger charge is 2.16. The number of thiophene rings is 1. The van der Waals surface area contributed by atoms with Crippen molar-refractivity contribution in [3.05, 3.63) is 98.1 Å². The number of carbonyl (C=O) groups excluding carboxylic acids is 1. The second kappa shape index (κ2) is 8.20. The van der Waals surface area contributed by atoms with Gasteiger partial charge in [0, 0.05) is 15.1 Å². The zero-order valence-corrected chi connectivity index (χ0v) is 16.5. The number of aromatic nitrogens is 2. The lowest BCUT2D eigenvalue weighted by Gasteiger charge is -2.10. The topological polar surface area (TPSA) is 76.3 Å². The van der Waals surface area contributed by atoms with Crippen molar-refractivity contribution in [1.29, 1.82) is 0 Å². The average Bonchev–Trinajstić information content (AvgIpc) is 3.16. The molecule has 0 radical (unpaired) electrons. The first-order chi connectivity index (χ1) is 14.1. The molecule has 1 N–H and O–H groups in total. The van der Waals surface area contributed by atoms with Gasteiger partial charge in [-0.2, -0.15) is 10.2 Å². The summed E-state index contributed by atoms with van der Waals surface area (Å²) >= 11 is 1.58. The molecule has 2 aromatic carbocycles. The molecule has 29 heavy (non-hydrogen) atoms. The van der Waals surface area contributed by atoms with E-state index >= 15 is 0 Å². The largest absolute Gasteiger partial charge is 0.292 e. The average molecular weight is 402 g/mol. The Morgan fingerprint density at radius 2 is 1.79 bits per heavy atom. The third-order valence-electron chi connectivity index (χ3n) is 4.38. The minimum Gasteiger partial charge on any atom is -0.267 e. The summed E-state index contributed by atoms with van der Waals surface area (Å²) in [4.78, 5) is 27.7. The van der Waals surface area contributed by atoms with Gasteiger partial charge in [-0.1, -0.05) is 48.5 Å². The molecular formula is C22H18N4O2S. The Kier molecular flexibility index (Phi) is 5.31. The molecule has 0 atom stereocenters. The minimum absolute atomic E-state index is 0.163. The van der Waals surface area contributed by atoms with E-state index in [4.69, 9.17) is 0 Å². The van der Waals surface area contributed by atoms with Gasteiger partial charge >= 0.3 is 0 Å². The molecule has 2 aromatic heterocycles. The number of rotatable bonds is 5. The number of hydrazone groups is 1. The number of aryl methyl sites for hydroxylation is 1. The van der Waals surface area contributed by atoms with Gasteiger partial charge in [-0.25, -0.2) is 10.1 Å². The molecular weight excluding hydrogens is 384 g/mol. The highest BCUT2D eigenvalue weighted by atomic mass is 32.1. The van der Waals surface area contributed by atoms with Crippen molar-refractivity contribution >= 4 is 34.2 Å². The molecule has 0 aliphatic carbocycles. The van der Waals surface area contributed by atoms with Crippen LogP contribution in [0.3, 0.4) is 0 Å². The van der Waals surface area contributed by atoms with E-state index in [2.05, 4.69) is 15.6 Å². The Bertz CT molecular complexity index is 1260. The summed E-state index contributed by atoms with van der Waals surface area (Å²) in [5.74, 6) is -0.465. The van der Waals surface area contributed by atoms with Crippen molar-refractivity contribution < 1.29 is 4.79 Å². The smallest absolute Gasteiger partial charge is 0.267 e. The highest BCUT2D eigenvalue weighted by Crippen LogP contribution is 2.14. The van der Waals surface area contributed by atoms with Crippen LogP contribution < -0.4 is 11.0 Å². The first kappa shape index (κ1) is 18.8. The van der Waals surface area contributed by atoms with E-state index in [0.29, 0.717) is 10.8 Å². The van der Waals surface area contributed by atoms with E-state index in [1.165, 1.54) is 9.56 Å². The molecule has 4 aromatic rings. The van der Waals surface area contributed by atoms with E-state index < -0.39 is 5.91 Å². The Morgan fingerprint density at radius 1 is 1.07 bits per heavy atom. The van der Waals surface area contributed by atoms with E-state index in [9.17, 15) is 9.59 Å². The molecule has 0 bridgehead atoms. The van der Waals surface area contributed by atoms with Crippen LogP contribution in [0, 0.1) is 6.92 Å². The van der Waals surface area contributed by atoms with Gasteiger partial charge in [0.05, 0.1) is 18.1 Å². The number of hydrogen-bond acceptors (Lipinski definition) is 5. The van der Waals surface area contributed by atoms with Crippen LogP contribution in [0.2, 0.25) is 0 Å². The highest BCUT2D eigenvalue weighted by molar-refractivity contribution is 7.13. The number of hydrogen-bond donors (Lipinski definition) is 1. The van der Waals surface area contributed by atoms with Crippen LogP contribution in [0.5, 0.6) is 0 Å². The van der Waals surface area contributed by atoms with Gasteiger partial charge < -0.3 is 0 Å². The number of benzene rings is 2. The number of amides is 1. The standard InChI is InChI=1S/C22H18N4O2S/c1-15-11-12-17(29-15)13-23-24-21(27)20-18-9-5-6-10-19(18)22(28)26(25-20)14-16-7-3-2-4-8-16/h2-13H,14H2,1H3,(H,24,27)/b23-13+. The van der Waals surface area contributed by atoms with Crippen molar-refractivity contribution in [2.75, 3.05) is 0 Å². The monoisotopic (exact) mass is 402 g/mol. The van der Waals surface area contributed by atoms with Gasteiger partial charge in [0.15, 0.2) is 5.69 Å². The predicted octanol–water partition coefficient (Wildman–Crippen LogP) is 3.58. The van der Waals surface area contributed by atoms with E-state index in [1.54, 1.807) is 41.8 Å². The van der Waals surface area contributed by atoms with E-state index in [-0.39, 0.29) is 17.8 Å². The van der Waals surface area contributed by atoms with Gasteiger partial charge in [-0.3, -0.25) is 9.59 Å². The second-order valence-electron chi connectivity index (χ2n) is 6.49. The van der Waals surface area contributed by atoms with Crippen molar-refractivity contribution in [3.63, 3.8) is 0 Å². The minimum atomic E-state index is -0.465. The number of nitrogens with one attached hydrogen (secondary N) is 1. The lowest BCUT2D eigenvalue weighted by Crippen LogP contribution is -2.29. The molecule has 0 saturated heterocycles. The second-order valence-corrected chi connectivity index (χ2v) is 7.81. The van der Waals surface area contributed by atoms with Crippen LogP contribution in [-0.4, -0.2) is 21.9 Å². The molecule has 0 saturated carbocycles. The summed E-state index contributed by atoms with van der Waals surface area (Å²) in [6.45, 7) is 2.29. The van der Waals surface area contributed by atoms with Crippen LogP contribution in [0.4, 0.5) is 0 Å². The summed E-state index contributed by atoms with van der Waals surface area (Å²) < 4.78 is 1.32. The van der Waals surface area contributed by atoms with Gasteiger partial charge in [-0.05, 0) is 30.7 Å². The lowest BCUT2D eigenvalue weighted by molar-refractivity contribution is 0.0949. The summed E-state index contributed by atoms with van der Waals surface area (Å²) in [6.07, 6.45) is 1.59. The fourth-order valence-corrected chi connectivity index (χ4v) is 3.75. The zero-order chi connectivity index (χ0) is 20.2. The van der Waals surface area contributed by atoms with Crippen LogP contribution in [0.15, 0.2) is 76.6 Å². The maximum absolute atomic E-state index is 12.8. The molecule has 144 valence electrons. The summed E-state index contributed by atoms with van der Waals surface area (Å²) in [5.41, 5.74) is 3.37. The molecule has 4 rings (SSSR count). The molecule has 0 aliphatic heterocycles.